The van der Waals surface area contributed by atoms with E-state index in [4.69, 9.17) is 4.74 Å². The normalized spacial score (nSPS) is 17.3. The molecule has 5 aromatic rings. The summed E-state index contributed by atoms with van der Waals surface area (Å²) in [7, 11) is 1.56. The highest BCUT2D eigenvalue weighted by Crippen LogP contribution is 2.35. The van der Waals surface area contributed by atoms with Crippen LogP contribution < -0.4 is 15.4 Å². The molecule has 11 heteroatoms. The van der Waals surface area contributed by atoms with Gasteiger partial charge < -0.3 is 15.4 Å². The van der Waals surface area contributed by atoms with Crippen molar-refractivity contribution in [2.24, 2.45) is 0 Å². The summed E-state index contributed by atoms with van der Waals surface area (Å²) in [5.74, 6) is -2.32. The summed E-state index contributed by atoms with van der Waals surface area (Å²) in [5, 5.41) is 9.81. The van der Waals surface area contributed by atoms with Gasteiger partial charge in [-0.15, -0.1) is 0 Å². The number of nitrogens with one attached hydrogen (secondary N) is 2. The van der Waals surface area contributed by atoms with Gasteiger partial charge in [-0.05, 0) is 24.3 Å². The number of hydrogen-bond acceptors (Lipinski definition) is 6. The molecule has 1 fully saturated rings. The fourth-order valence-electron chi connectivity index (χ4n) is 4.38. The highest BCUT2D eigenvalue weighted by Gasteiger charge is 2.44. The van der Waals surface area contributed by atoms with Crippen LogP contribution in [0.4, 0.5) is 19.0 Å². The molecule has 6 rings (SSSR count). The van der Waals surface area contributed by atoms with Gasteiger partial charge in [0, 0.05) is 29.9 Å². The van der Waals surface area contributed by atoms with Gasteiger partial charge in [0.2, 0.25) is 0 Å². The van der Waals surface area contributed by atoms with E-state index in [1.807, 2.05) is 10.6 Å². The molecule has 1 saturated heterocycles. The van der Waals surface area contributed by atoms with Crippen LogP contribution in [0.1, 0.15) is 0 Å². The van der Waals surface area contributed by atoms with Crippen molar-refractivity contribution >= 4 is 17.0 Å². The van der Waals surface area contributed by atoms with Gasteiger partial charge in [0.15, 0.2) is 0 Å². The highest BCUT2D eigenvalue weighted by atomic mass is 19.3. The number of halogens is 3. The van der Waals surface area contributed by atoms with Crippen molar-refractivity contribution < 1.29 is 17.9 Å². The Kier molecular flexibility index (Phi) is 4.88. The largest absolute Gasteiger partial charge is 0.496 e. The topological polar surface area (TPSA) is 80.8 Å². The van der Waals surface area contributed by atoms with Gasteiger partial charge in [0.1, 0.15) is 29.1 Å². The highest BCUT2D eigenvalue weighted by molar-refractivity contribution is 5.84. The summed E-state index contributed by atoms with van der Waals surface area (Å²) in [6, 6.07) is 8.99. The fourth-order valence-corrected chi connectivity index (χ4v) is 4.38. The van der Waals surface area contributed by atoms with Crippen LogP contribution >= 0.6 is 0 Å². The Bertz CT molecular complexity index is 1560. The molecule has 0 bridgehead atoms. The van der Waals surface area contributed by atoms with E-state index >= 15 is 0 Å². The number of aromatic nitrogens is 5. The SMILES string of the molecule is COc1cc2ncc(-c3cccc(NC4CNCC4(F)F)n3)n2cc1-c1cnn2cc(F)ccc12. The van der Waals surface area contributed by atoms with E-state index in [1.54, 1.807) is 49.8 Å². The molecule has 0 aliphatic carbocycles. The summed E-state index contributed by atoms with van der Waals surface area (Å²) in [5.41, 5.74) is 4.05. The van der Waals surface area contributed by atoms with E-state index in [-0.39, 0.29) is 13.1 Å². The zero-order chi connectivity index (χ0) is 24.2. The molecule has 2 N–H and O–H groups in total. The maximum absolute atomic E-state index is 14.1. The Morgan fingerprint density at radius 1 is 1.14 bits per heavy atom. The van der Waals surface area contributed by atoms with Crippen LogP contribution in [0.2, 0.25) is 0 Å². The Morgan fingerprint density at radius 3 is 2.83 bits per heavy atom. The summed E-state index contributed by atoms with van der Waals surface area (Å²) < 4.78 is 50.7. The molecule has 1 unspecified atom stereocenters. The van der Waals surface area contributed by atoms with Crippen molar-refractivity contribution in [1.29, 1.82) is 0 Å². The minimum Gasteiger partial charge on any atom is -0.496 e. The van der Waals surface area contributed by atoms with Gasteiger partial charge in [0.25, 0.3) is 5.92 Å². The summed E-state index contributed by atoms with van der Waals surface area (Å²) in [6.07, 6.45) is 6.47. The van der Waals surface area contributed by atoms with E-state index in [0.29, 0.717) is 34.1 Å². The number of pyridine rings is 3. The Morgan fingerprint density at radius 2 is 2.03 bits per heavy atom. The quantitative estimate of drug-likeness (QED) is 0.398. The molecule has 1 aliphatic rings. The van der Waals surface area contributed by atoms with Gasteiger partial charge in [-0.25, -0.2) is 27.7 Å². The molecule has 0 spiro atoms. The Balaban J connectivity index is 1.43. The lowest BCUT2D eigenvalue weighted by Crippen LogP contribution is -2.38. The first-order valence-electron chi connectivity index (χ1n) is 10.9. The Hall–Kier alpha value is -4.12. The van der Waals surface area contributed by atoms with E-state index in [1.165, 1.54) is 16.8 Å². The molecule has 1 atom stereocenters. The first-order valence-corrected chi connectivity index (χ1v) is 10.9. The molecular formula is C24H20F3N7O. The predicted molar refractivity (Wildman–Crippen MR) is 124 cm³/mol. The number of fused-ring (bicyclic) bond motifs is 2. The van der Waals surface area contributed by atoms with Crippen molar-refractivity contribution in [3.05, 3.63) is 67.0 Å². The molecule has 178 valence electrons. The molecule has 0 radical (unpaired) electrons. The standard InChI is InChI=1S/C24H20F3N7O/c1-35-20-7-23-29-9-19(17-3-2-4-22(31-17)32-21-10-28-13-24(21,26)27)33(23)12-16(20)15-8-30-34-11-14(25)5-6-18(15)34/h2-9,11-12,21,28H,10,13H2,1H3,(H,31,32). The average Bonchev–Trinajstić information content (AvgIpc) is 3.54. The molecule has 0 amide bonds. The van der Waals surface area contributed by atoms with Gasteiger partial charge in [-0.2, -0.15) is 5.10 Å². The van der Waals surface area contributed by atoms with Crippen LogP contribution in [0.25, 0.3) is 33.7 Å². The number of hydrogen-bond donors (Lipinski definition) is 2. The fraction of sp³-hybridized carbons (Fsp3) is 0.208. The van der Waals surface area contributed by atoms with Gasteiger partial charge in [-0.1, -0.05) is 6.07 Å². The second kappa shape index (κ2) is 7.98. The van der Waals surface area contributed by atoms with Gasteiger partial charge in [-0.3, -0.25) is 4.40 Å². The second-order valence-corrected chi connectivity index (χ2v) is 8.36. The van der Waals surface area contributed by atoms with Crippen molar-refractivity contribution in [1.82, 2.24) is 29.3 Å². The van der Waals surface area contributed by atoms with E-state index in [0.717, 1.165) is 11.1 Å². The zero-order valence-corrected chi connectivity index (χ0v) is 18.5. The minimum absolute atomic E-state index is 0.154. The van der Waals surface area contributed by atoms with Crippen LogP contribution in [0.3, 0.4) is 0 Å². The predicted octanol–water partition coefficient (Wildman–Crippen LogP) is 3.88. The maximum Gasteiger partial charge on any atom is 0.281 e. The lowest BCUT2D eigenvalue weighted by atomic mass is 10.1. The number of nitrogens with zero attached hydrogens (tertiary/aromatic N) is 5. The van der Waals surface area contributed by atoms with Crippen LogP contribution in [0.5, 0.6) is 5.75 Å². The molecule has 8 nitrogen and oxygen atoms in total. The van der Waals surface area contributed by atoms with Crippen LogP contribution in [-0.4, -0.2) is 56.1 Å². The molecule has 35 heavy (non-hydrogen) atoms. The summed E-state index contributed by atoms with van der Waals surface area (Å²) in [4.78, 5) is 9.04. The van der Waals surface area contributed by atoms with Crippen LogP contribution in [0, 0.1) is 5.82 Å². The average molecular weight is 479 g/mol. The molecule has 6 heterocycles. The number of rotatable bonds is 5. The van der Waals surface area contributed by atoms with Gasteiger partial charge >= 0.3 is 0 Å². The molecule has 1 aliphatic heterocycles. The zero-order valence-electron chi connectivity index (χ0n) is 18.5. The van der Waals surface area contributed by atoms with Crippen molar-refractivity contribution in [2.75, 3.05) is 25.5 Å². The van der Waals surface area contributed by atoms with Crippen molar-refractivity contribution in [3.63, 3.8) is 0 Å². The van der Waals surface area contributed by atoms with E-state index in [9.17, 15) is 13.2 Å². The molecular weight excluding hydrogens is 459 g/mol. The third kappa shape index (κ3) is 3.64. The van der Waals surface area contributed by atoms with E-state index < -0.39 is 17.8 Å². The monoisotopic (exact) mass is 479 g/mol. The summed E-state index contributed by atoms with van der Waals surface area (Å²) in [6.45, 7) is -0.209. The minimum atomic E-state index is -2.86. The lowest BCUT2D eigenvalue weighted by molar-refractivity contribution is 0.0138. The first-order chi connectivity index (χ1) is 16.9. The number of ether oxygens (including phenoxy) is 1. The third-order valence-electron chi connectivity index (χ3n) is 6.15. The van der Waals surface area contributed by atoms with E-state index in [2.05, 4.69) is 25.7 Å². The lowest BCUT2D eigenvalue weighted by Gasteiger charge is -2.20. The third-order valence-corrected chi connectivity index (χ3v) is 6.15. The molecule has 0 saturated carbocycles. The van der Waals surface area contributed by atoms with Crippen LogP contribution in [0.15, 0.2) is 61.2 Å². The smallest absolute Gasteiger partial charge is 0.281 e. The van der Waals surface area contributed by atoms with Crippen LogP contribution in [-0.2, 0) is 0 Å². The van der Waals surface area contributed by atoms with Crippen molar-refractivity contribution in [3.8, 4) is 28.3 Å². The second-order valence-electron chi connectivity index (χ2n) is 8.36. The molecule has 5 aromatic heterocycles. The molecule has 0 aromatic carbocycles. The first kappa shape index (κ1) is 21.4. The van der Waals surface area contributed by atoms with Gasteiger partial charge in [0.05, 0.1) is 49.1 Å². The summed E-state index contributed by atoms with van der Waals surface area (Å²) >= 11 is 0. The number of imidazole rings is 1. The maximum atomic E-state index is 14.1. The number of alkyl halides is 2. The number of methoxy groups -OCH3 is 1. The number of anilines is 1. The van der Waals surface area contributed by atoms with Crippen molar-refractivity contribution in [2.45, 2.75) is 12.0 Å². The Labute approximate surface area is 197 Å².